The zero-order valence-corrected chi connectivity index (χ0v) is 13.3. The fraction of sp³-hybridized carbons (Fsp3) is 0.438. The predicted molar refractivity (Wildman–Crippen MR) is 83.6 cm³/mol. The summed E-state index contributed by atoms with van der Waals surface area (Å²) >= 11 is 3.53. The minimum absolute atomic E-state index is 0.202. The van der Waals surface area contributed by atoms with E-state index in [2.05, 4.69) is 36.7 Å². The number of fused-ring (bicyclic) bond motifs is 1. The minimum Gasteiger partial charge on any atom is -0.273 e. The van der Waals surface area contributed by atoms with Crippen LogP contribution in [-0.4, -0.2) is 10.5 Å². The maximum atomic E-state index is 13.0. The highest BCUT2D eigenvalue weighted by molar-refractivity contribution is 9.10. The number of benzene rings is 1. The molecule has 0 aliphatic carbocycles. The third-order valence-electron chi connectivity index (χ3n) is 4.35. The fourth-order valence-corrected chi connectivity index (χ4v) is 3.37. The van der Waals surface area contributed by atoms with Crippen LogP contribution in [0.5, 0.6) is 0 Å². The van der Waals surface area contributed by atoms with Gasteiger partial charge in [0, 0.05) is 10.8 Å². The van der Waals surface area contributed by atoms with Crippen molar-refractivity contribution < 1.29 is 4.79 Å². The molecule has 2 rings (SSSR count). The summed E-state index contributed by atoms with van der Waals surface area (Å²) < 4.78 is 2.67. The maximum Gasteiger partial charge on any atom is 0.238 e. The average Bonchev–Trinajstić information content (AvgIpc) is 2.76. The molecule has 2 aromatic rings. The van der Waals surface area contributed by atoms with Gasteiger partial charge in [-0.3, -0.25) is 9.36 Å². The van der Waals surface area contributed by atoms with E-state index in [1.165, 1.54) is 0 Å². The van der Waals surface area contributed by atoms with E-state index in [1.54, 1.807) is 0 Å². The number of carbonyl (C=O) groups excluding carboxylic acids is 1. The van der Waals surface area contributed by atoms with Crippen molar-refractivity contribution in [3.63, 3.8) is 0 Å². The van der Waals surface area contributed by atoms with Crippen LogP contribution in [0.1, 0.15) is 44.8 Å². The molecular weight excluding hydrogens is 302 g/mol. The van der Waals surface area contributed by atoms with Gasteiger partial charge in [0.1, 0.15) is 0 Å². The van der Waals surface area contributed by atoms with Crippen molar-refractivity contribution >= 4 is 32.7 Å². The van der Waals surface area contributed by atoms with E-state index >= 15 is 0 Å². The van der Waals surface area contributed by atoms with Gasteiger partial charge in [0.15, 0.2) is 0 Å². The Morgan fingerprint density at radius 3 is 2.32 bits per heavy atom. The zero-order chi connectivity index (χ0) is 14.0. The summed E-state index contributed by atoms with van der Waals surface area (Å²) in [6.45, 7) is 6.31. The Hall–Kier alpha value is -1.09. The molecule has 0 saturated heterocycles. The van der Waals surface area contributed by atoms with Crippen molar-refractivity contribution in [3.05, 3.63) is 34.9 Å². The molecule has 102 valence electrons. The second-order valence-corrected chi connectivity index (χ2v) is 5.82. The third-order valence-corrected chi connectivity index (χ3v) is 4.94. The number of aromatic nitrogens is 1. The Balaban J connectivity index is 2.61. The minimum atomic E-state index is -0.260. The van der Waals surface area contributed by atoms with Crippen LogP contribution in [0.4, 0.5) is 0 Å². The van der Waals surface area contributed by atoms with Gasteiger partial charge >= 0.3 is 0 Å². The topological polar surface area (TPSA) is 22.0 Å². The van der Waals surface area contributed by atoms with Crippen LogP contribution in [0.25, 0.3) is 10.9 Å². The largest absolute Gasteiger partial charge is 0.273 e. The summed E-state index contributed by atoms with van der Waals surface area (Å²) in [7, 11) is 0. The van der Waals surface area contributed by atoms with Crippen LogP contribution >= 0.6 is 15.9 Å². The molecule has 0 N–H and O–H groups in total. The SMILES string of the molecule is CCC(CC)(CC)C(=O)n1c(Br)cc2ccccc21. The van der Waals surface area contributed by atoms with Crippen molar-refractivity contribution in [2.45, 2.75) is 40.0 Å². The highest BCUT2D eigenvalue weighted by Gasteiger charge is 2.35. The Morgan fingerprint density at radius 1 is 1.16 bits per heavy atom. The zero-order valence-electron chi connectivity index (χ0n) is 11.7. The molecule has 1 aromatic carbocycles. The van der Waals surface area contributed by atoms with Crippen LogP contribution in [0.15, 0.2) is 34.9 Å². The molecule has 0 aliphatic rings. The van der Waals surface area contributed by atoms with Crippen molar-refractivity contribution in [1.82, 2.24) is 4.57 Å². The summed E-state index contributed by atoms with van der Waals surface area (Å²) in [5, 5.41) is 1.10. The van der Waals surface area contributed by atoms with Crippen molar-refractivity contribution in [2.75, 3.05) is 0 Å². The standard InChI is InChI=1S/C16H20BrNO/c1-4-16(5-2,6-3)15(19)18-13-10-8-7-9-12(13)11-14(18)17/h7-11H,4-6H2,1-3H3. The number of nitrogens with zero attached hydrogens (tertiary/aromatic N) is 1. The second kappa shape index (κ2) is 5.49. The van der Waals surface area contributed by atoms with Crippen molar-refractivity contribution in [2.24, 2.45) is 5.41 Å². The lowest BCUT2D eigenvalue weighted by Crippen LogP contribution is -2.33. The quantitative estimate of drug-likeness (QED) is 0.752. The molecule has 0 spiro atoms. The highest BCUT2D eigenvalue weighted by atomic mass is 79.9. The smallest absolute Gasteiger partial charge is 0.238 e. The molecule has 0 unspecified atom stereocenters. The average molecular weight is 322 g/mol. The molecule has 0 radical (unpaired) electrons. The summed E-state index contributed by atoms with van der Waals surface area (Å²) in [6.07, 6.45) is 2.62. The highest BCUT2D eigenvalue weighted by Crippen LogP contribution is 2.35. The Kier molecular flexibility index (Phi) is 4.14. The third kappa shape index (κ3) is 2.25. The Morgan fingerprint density at radius 2 is 1.74 bits per heavy atom. The van der Waals surface area contributed by atoms with E-state index in [-0.39, 0.29) is 11.3 Å². The lowest BCUT2D eigenvalue weighted by atomic mass is 9.79. The van der Waals surface area contributed by atoms with Crippen LogP contribution in [0.3, 0.4) is 0 Å². The lowest BCUT2D eigenvalue weighted by molar-refractivity contribution is 0.0672. The van der Waals surface area contributed by atoms with E-state index in [0.717, 1.165) is 34.8 Å². The van der Waals surface area contributed by atoms with E-state index in [9.17, 15) is 4.79 Å². The molecule has 1 aromatic heterocycles. The normalized spacial score (nSPS) is 12.0. The summed E-state index contributed by atoms with van der Waals surface area (Å²) in [5.41, 5.74) is 0.726. The molecule has 0 saturated carbocycles. The van der Waals surface area contributed by atoms with Gasteiger partial charge in [-0.1, -0.05) is 39.0 Å². The van der Waals surface area contributed by atoms with Gasteiger partial charge in [-0.25, -0.2) is 0 Å². The van der Waals surface area contributed by atoms with Gasteiger partial charge in [0.05, 0.1) is 10.1 Å². The number of hydrogen-bond donors (Lipinski definition) is 0. The Labute approximate surface area is 122 Å². The summed E-state index contributed by atoms with van der Waals surface area (Å²) in [6, 6.07) is 10.0. The first-order valence-corrected chi connectivity index (χ1v) is 7.69. The molecule has 3 heteroatoms. The van der Waals surface area contributed by atoms with Crippen molar-refractivity contribution in [1.29, 1.82) is 0 Å². The van der Waals surface area contributed by atoms with Gasteiger partial charge in [-0.2, -0.15) is 0 Å². The first kappa shape index (κ1) is 14.3. The predicted octanol–water partition coefficient (Wildman–Crippen LogP) is 5.26. The molecule has 19 heavy (non-hydrogen) atoms. The van der Waals surface area contributed by atoms with Gasteiger partial charge < -0.3 is 0 Å². The van der Waals surface area contributed by atoms with Gasteiger partial charge in [0.2, 0.25) is 5.91 Å². The van der Waals surface area contributed by atoms with E-state index in [1.807, 2.05) is 34.9 Å². The first-order valence-electron chi connectivity index (χ1n) is 6.90. The van der Waals surface area contributed by atoms with Gasteiger partial charge in [-0.15, -0.1) is 0 Å². The molecule has 0 amide bonds. The van der Waals surface area contributed by atoms with Crippen molar-refractivity contribution in [3.8, 4) is 0 Å². The maximum absolute atomic E-state index is 13.0. The molecule has 0 bridgehead atoms. The van der Waals surface area contributed by atoms with Crippen LogP contribution in [-0.2, 0) is 0 Å². The molecular formula is C16H20BrNO. The number of para-hydroxylation sites is 1. The van der Waals surface area contributed by atoms with Gasteiger partial charge in [0.25, 0.3) is 0 Å². The fourth-order valence-electron chi connectivity index (χ4n) is 2.77. The molecule has 0 aliphatic heterocycles. The molecule has 1 heterocycles. The van der Waals surface area contributed by atoms with Crippen LogP contribution in [0.2, 0.25) is 0 Å². The number of carbonyl (C=O) groups is 1. The summed E-state index contributed by atoms with van der Waals surface area (Å²) in [4.78, 5) is 13.0. The van der Waals surface area contributed by atoms with Crippen LogP contribution < -0.4 is 0 Å². The molecule has 0 fully saturated rings. The Bertz CT molecular complexity index is 588. The van der Waals surface area contributed by atoms with E-state index in [0.29, 0.717) is 0 Å². The first-order chi connectivity index (χ1) is 9.09. The lowest BCUT2D eigenvalue weighted by Gasteiger charge is -2.29. The number of hydrogen-bond acceptors (Lipinski definition) is 1. The van der Waals surface area contributed by atoms with Crippen LogP contribution in [0, 0.1) is 5.41 Å². The van der Waals surface area contributed by atoms with E-state index < -0.39 is 0 Å². The molecule has 0 atom stereocenters. The monoisotopic (exact) mass is 321 g/mol. The van der Waals surface area contributed by atoms with E-state index in [4.69, 9.17) is 0 Å². The summed E-state index contributed by atoms with van der Waals surface area (Å²) in [5.74, 6) is 0.202. The molecule has 2 nitrogen and oxygen atoms in total. The van der Waals surface area contributed by atoms with Gasteiger partial charge in [-0.05, 0) is 47.3 Å². The number of halogens is 1. The second-order valence-electron chi connectivity index (χ2n) is 5.01. The number of rotatable bonds is 4.